The van der Waals surface area contributed by atoms with Crippen LogP contribution >= 0.6 is 0 Å². The van der Waals surface area contributed by atoms with Gasteiger partial charge in [0.2, 0.25) is 0 Å². The van der Waals surface area contributed by atoms with Crippen molar-refractivity contribution in [3.05, 3.63) is 18.2 Å². The second-order valence-corrected chi connectivity index (χ2v) is 5.99. The monoisotopic (exact) mass is 249 g/mol. The predicted molar refractivity (Wildman–Crippen MR) is 70.0 cm³/mol. The molecule has 1 saturated carbocycles. The van der Waals surface area contributed by atoms with E-state index in [1.165, 1.54) is 19.3 Å². The van der Waals surface area contributed by atoms with Gasteiger partial charge in [-0.2, -0.15) is 0 Å². The fourth-order valence-electron chi connectivity index (χ4n) is 3.53. The van der Waals surface area contributed by atoms with Gasteiger partial charge in [-0.15, -0.1) is 0 Å². The SMILES string of the molecule is Cn1ccnc1CN1CCC2(O)CCCCC2C1. The molecule has 2 atom stereocenters. The maximum absolute atomic E-state index is 10.6. The van der Waals surface area contributed by atoms with E-state index in [4.69, 9.17) is 0 Å². The Bertz CT molecular complexity index is 417. The van der Waals surface area contributed by atoms with Gasteiger partial charge >= 0.3 is 0 Å². The molecule has 0 radical (unpaired) electrons. The number of aromatic nitrogens is 2. The molecular formula is C14H23N3O. The average Bonchev–Trinajstić information content (AvgIpc) is 2.75. The summed E-state index contributed by atoms with van der Waals surface area (Å²) in [6, 6.07) is 0. The molecule has 0 bridgehead atoms. The zero-order valence-corrected chi connectivity index (χ0v) is 11.2. The van der Waals surface area contributed by atoms with Crippen LogP contribution in [-0.4, -0.2) is 38.2 Å². The van der Waals surface area contributed by atoms with E-state index in [9.17, 15) is 5.11 Å². The van der Waals surface area contributed by atoms with Crippen molar-refractivity contribution in [3.8, 4) is 0 Å². The minimum atomic E-state index is -0.365. The smallest absolute Gasteiger partial charge is 0.122 e. The number of hydrogen-bond acceptors (Lipinski definition) is 3. The van der Waals surface area contributed by atoms with Gasteiger partial charge in [-0.25, -0.2) is 4.98 Å². The molecule has 4 heteroatoms. The van der Waals surface area contributed by atoms with Crippen LogP contribution in [0.4, 0.5) is 0 Å². The van der Waals surface area contributed by atoms with E-state index in [1.807, 2.05) is 19.4 Å². The Morgan fingerprint density at radius 2 is 2.33 bits per heavy atom. The number of aliphatic hydroxyl groups is 1. The first-order valence-electron chi connectivity index (χ1n) is 7.08. The summed E-state index contributed by atoms with van der Waals surface area (Å²) in [6.07, 6.45) is 9.46. The topological polar surface area (TPSA) is 41.3 Å². The lowest BCUT2D eigenvalue weighted by molar-refractivity contribution is -0.0972. The Balaban J connectivity index is 1.65. The maximum Gasteiger partial charge on any atom is 0.122 e. The summed E-state index contributed by atoms with van der Waals surface area (Å²) in [4.78, 5) is 6.84. The van der Waals surface area contributed by atoms with Crippen molar-refractivity contribution in [2.45, 2.75) is 44.2 Å². The maximum atomic E-state index is 10.6. The highest BCUT2D eigenvalue weighted by Crippen LogP contribution is 2.39. The molecule has 2 heterocycles. The number of aryl methyl sites for hydroxylation is 1. The Hall–Kier alpha value is -0.870. The van der Waals surface area contributed by atoms with Crippen molar-refractivity contribution in [3.63, 3.8) is 0 Å². The number of imidazole rings is 1. The molecule has 1 aromatic heterocycles. The number of likely N-dealkylation sites (tertiary alicyclic amines) is 1. The Morgan fingerprint density at radius 1 is 1.44 bits per heavy atom. The van der Waals surface area contributed by atoms with Crippen molar-refractivity contribution in [1.82, 2.24) is 14.5 Å². The minimum Gasteiger partial charge on any atom is -0.390 e. The molecule has 1 aromatic rings. The first-order chi connectivity index (χ1) is 8.67. The van der Waals surface area contributed by atoms with Crippen LogP contribution in [0.5, 0.6) is 0 Å². The van der Waals surface area contributed by atoms with E-state index >= 15 is 0 Å². The molecular weight excluding hydrogens is 226 g/mol. The van der Waals surface area contributed by atoms with E-state index < -0.39 is 0 Å². The van der Waals surface area contributed by atoms with Crippen molar-refractivity contribution in [1.29, 1.82) is 0 Å². The highest BCUT2D eigenvalue weighted by atomic mass is 16.3. The number of nitrogens with zero attached hydrogens (tertiary/aromatic N) is 3. The number of fused-ring (bicyclic) bond motifs is 1. The zero-order valence-electron chi connectivity index (χ0n) is 11.2. The quantitative estimate of drug-likeness (QED) is 0.864. The van der Waals surface area contributed by atoms with Crippen LogP contribution in [0.1, 0.15) is 37.9 Å². The first kappa shape index (κ1) is 12.2. The van der Waals surface area contributed by atoms with Gasteiger partial charge in [0.05, 0.1) is 12.1 Å². The number of hydrogen-bond donors (Lipinski definition) is 1. The first-order valence-corrected chi connectivity index (χ1v) is 7.08. The molecule has 0 amide bonds. The number of piperidine rings is 1. The second-order valence-electron chi connectivity index (χ2n) is 5.99. The van der Waals surface area contributed by atoms with Crippen molar-refractivity contribution in [2.75, 3.05) is 13.1 Å². The molecule has 2 fully saturated rings. The third kappa shape index (κ3) is 2.19. The molecule has 3 rings (SSSR count). The van der Waals surface area contributed by atoms with Gasteiger partial charge in [-0.1, -0.05) is 12.8 Å². The van der Waals surface area contributed by atoms with E-state index in [1.54, 1.807) is 0 Å². The average molecular weight is 249 g/mol. The van der Waals surface area contributed by atoms with Gasteiger partial charge in [-0.05, 0) is 19.3 Å². The Morgan fingerprint density at radius 3 is 3.11 bits per heavy atom. The predicted octanol–water partition coefficient (Wildman–Crippen LogP) is 1.55. The van der Waals surface area contributed by atoms with E-state index in [-0.39, 0.29) is 5.60 Å². The molecule has 100 valence electrons. The molecule has 18 heavy (non-hydrogen) atoms. The van der Waals surface area contributed by atoms with Crippen LogP contribution in [0.3, 0.4) is 0 Å². The summed E-state index contributed by atoms with van der Waals surface area (Å²) in [5.41, 5.74) is -0.365. The lowest BCUT2D eigenvalue weighted by Crippen LogP contribution is -2.53. The standard InChI is InChI=1S/C14H23N3O/c1-16-9-7-15-13(16)11-17-8-6-14(18)5-3-2-4-12(14)10-17/h7,9,12,18H,2-6,8,10-11H2,1H3. The van der Waals surface area contributed by atoms with E-state index in [0.717, 1.165) is 38.3 Å². The zero-order chi connectivity index (χ0) is 12.6. The minimum absolute atomic E-state index is 0.365. The summed E-state index contributed by atoms with van der Waals surface area (Å²) in [6.45, 7) is 2.94. The molecule has 1 aliphatic carbocycles. The van der Waals surface area contributed by atoms with Gasteiger partial charge in [0.15, 0.2) is 0 Å². The van der Waals surface area contributed by atoms with Crippen LogP contribution in [0.25, 0.3) is 0 Å². The normalized spacial score (nSPS) is 33.3. The third-order valence-electron chi connectivity index (χ3n) is 4.80. The number of rotatable bonds is 2. The molecule has 1 aliphatic heterocycles. The van der Waals surface area contributed by atoms with Crippen LogP contribution in [0.2, 0.25) is 0 Å². The summed E-state index contributed by atoms with van der Waals surface area (Å²) in [5, 5.41) is 10.6. The summed E-state index contributed by atoms with van der Waals surface area (Å²) in [7, 11) is 2.04. The fraction of sp³-hybridized carbons (Fsp3) is 0.786. The Kier molecular flexibility index (Phi) is 3.16. The molecule has 2 aliphatic rings. The molecule has 4 nitrogen and oxygen atoms in total. The van der Waals surface area contributed by atoms with Crippen molar-refractivity contribution >= 4 is 0 Å². The molecule has 0 aromatic carbocycles. The molecule has 0 spiro atoms. The molecule has 2 unspecified atom stereocenters. The van der Waals surface area contributed by atoms with Gasteiger partial charge in [0.25, 0.3) is 0 Å². The second kappa shape index (κ2) is 4.67. The summed E-state index contributed by atoms with van der Waals surface area (Å²) in [5.74, 6) is 1.59. The highest BCUT2D eigenvalue weighted by molar-refractivity contribution is 4.98. The van der Waals surface area contributed by atoms with E-state index in [2.05, 4.69) is 14.5 Å². The van der Waals surface area contributed by atoms with Gasteiger partial charge < -0.3 is 9.67 Å². The van der Waals surface area contributed by atoms with Crippen LogP contribution in [0, 0.1) is 5.92 Å². The van der Waals surface area contributed by atoms with Crippen LogP contribution < -0.4 is 0 Å². The third-order valence-corrected chi connectivity index (χ3v) is 4.80. The lowest BCUT2D eigenvalue weighted by Gasteiger charge is -2.47. The van der Waals surface area contributed by atoms with E-state index in [0.29, 0.717) is 5.92 Å². The van der Waals surface area contributed by atoms with Gasteiger partial charge in [0.1, 0.15) is 5.82 Å². The highest BCUT2D eigenvalue weighted by Gasteiger charge is 2.42. The molecule has 1 saturated heterocycles. The Labute approximate surface area is 109 Å². The summed E-state index contributed by atoms with van der Waals surface area (Å²) >= 11 is 0. The molecule has 1 N–H and O–H groups in total. The van der Waals surface area contributed by atoms with Gasteiger partial charge in [0, 0.05) is 38.4 Å². The summed E-state index contributed by atoms with van der Waals surface area (Å²) < 4.78 is 2.08. The largest absolute Gasteiger partial charge is 0.390 e. The van der Waals surface area contributed by atoms with Crippen molar-refractivity contribution < 1.29 is 5.11 Å². The lowest BCUT2D eigenvalue weighted by atomic mass is 9.71. The van der Waals surface area contributed by atoms with Crippen LogP contribution in [-0.2, 0) is 13.6 Å². The fourth-order valence-corrected chi connectivity index (χ4v) is 3.53. The van der Waals surface area contributed by atoms with Crippen LogP contribution in [0.15, 0.2) is 12.4 Å². The van der Waals surface area contributed by atoms with Crippen molar-refractivity contribution in [2.24, 2.45) is 13.0 Å². The van der Waals surface area contributed by atoms with Gasteiger partial charge in [-0.3, -0.25) is 4.90 Å².